The Morgan fingerprint density at radius 1 is 1.38 bits per heavy atom. The quantitative estimate of drug-likeness (QED) is 0.840. The third kappa shape index (κ3) is 2.37. The molecule has 0 saturated heterocycles. The number of ether oxygens (including phenoxy) is 1. The van der Waals surface area contributed by atoms with E-state index in [0.29, 0.717) is 5.56 Å². The second kappa shape index (κ2) is 5.51. The van der Waals surface area contributed by atoms with Crippen molar-refractivity contribution in [2.45, 2.75) is 6.92 Å². The number of aromatic nitrogens is 1. The Balaban J connectivity index is 2.84. The van der Waals surface area contributed by atoms with E-state index in [1.54, 1.807) is 25.1 Å². The molecule has 6 heteroatoms. The first-order valence-corrected chi connectivity index (χ1v) is 6.11. The lowest BCUT2D eigenvalue weighted by molar-refractivity contribution is 0.0601. The molecular formula is C15H13N3O3. The van der Waals surface area contributed by atoms with Crippen LogP contribution in [0.3, 0.4) is 0 Å². The van der Waals surface area contributed by atoms with E-state index in [0.717, 1.165) is 4.57 Å². The van der Waals surface area contributed by atoms with Gasteiger partial charge in [0.15, 0.2) is 0 Å². The van der Waals surface area contributed by atoms with Crippen molar-refractivity contribution in [1.29, 1.82) is 5.26 Å². The number of aryl methyl sites for hydroxylation is 1. The summed E-state index contributed by atoms with van der Waals surface area (Å²) < 4.78 is 5.84. The van der Waals surface area contributed by atoms with Crippen molar-refractivity contribution in [3.8, 4) is 11.8 Å². The van der Waals surface area contributed by atoms with Crippen molar-refractivity contribution in [3.05, 3.63) is 57.4 Å². The summed E-state index contributed by atoms with van der Waals surface area (Å²) in [5.41, 5.74) is 6.68. The lowest BCUT2D eigenvalue weighted by atomic mass is 10.1. The van der Waals surface area contributed by atoms with Gasteiger partial charge < -0.3 is 10.5 Å². The van der Waals surface area contributed by atoms with Gasteiger partial charge in [0, 0.05) is 6.07 Å². The minimum atomic E-state index is -0.587. The summed E-state index contributed by atoms with van der Waals surface area (Å²) in [5.74, 6) is -0.588. The number of carbonyl (C=O) groups is 1. The number of carbonyl (C=O) groups excluding carboxylic acids is 1. The number of nitrogens with zero attached hydrogens (tertiary/aromatic N) is 2. The standard InChI is InChI=1S/C15H13N3O3/c1-9-7-13(19)18(14(17)11(9)8-16)12-6-4-3-5-10(12)15(20)21-2/h3-7H,17H2,1-2H3. The van der Waals surface area contributed by atoms with Crippen LogP contribution in [0.5, 0.6) is 0 Å². The number of nitrogens with two attached hydrogens (primary N) is 1. The first kappa shape index (κ1) is 14.3. The monoisotopic (exact) mass is 283 g/mol. The zero-order chi connectivity index (χ0) is 15.6. The van der Waals surface area contributed by atoms with Gasteiger partial charge in [0.05, 0.1) is 23.9 Å². The van der Waals surface area contributed by atoms with Crippen LogP contribution in [0.25, 0.3) is 5.69 Å². The summed E-state index contributed by atoms with van der Waals surface area (Å²) in [6.07, 6.45) is 0. The van der Waals surface area contributed by atoms with E-state index < -0.39 is 11.5 Å². The Morgan fingerprint density at radius 2 is 2.05 bits per heavy atom. The van der Waals surface area contributed by atoms with Crippen molar-refractivity contribution >= 4 is 11.8 Å². The number of hydrogen-bond donors (Lipinski definition) is 1. The number of esters is 1. The molecule has 0 aliphatic rings. The summed E-state index contributed by atoms with van der Waals surface area (Å²) in [4.78, 5) is 24.0. The van der Waals surface area contributed by atoms with Gasteiger partial charge in [0.2, 0.25) is 0 Å². The topological polar surface area (TPSA) is 98.1 Å². The normalized spacial score (nSPS) is 9.95. The Morgan fingerprint density at radius 3 is 2.67 bits per heavy atom. The molecule has 6 nitrogen and oxygen atoms in total. The van der Waals surface area contributed by atoms with Crippen LogP contribution in [0, 0.1) is 18.3 Å². The number of anilines is 1. The van der Waals surface area contributed by atoms with Crippen molar-refractivity contribution in [3.63, 3.8) is 0 Å². The highest BCUT2D eigenvalue weighted by Gasteiger charge is 2.18. The zero-order valence-electron chi connectivity index (χ0n) is 11.6. The largest absolute Gasteiger partial charge is 0.465 e. The van der Waals surface area contributed by atoms with Gasteiger partial charge >= 0.3 is 5.97 Å². The summed E-state index contributed by atoms with van der Waals surface area (Å²) in [7, 11) is 1.25. The maximum Gasteiger partial charge on any atom is 0.339 e. The van der Waals surface area contributed by atoms with E-state index in [1.165, 1.54) is 19.2 Å². The van der Waals surface area contributed by atoms with Crippen molar-refractivity contribution in [2.24, 2.45) is 0 Å². The maximum atomic E-state index is 12.2. The molecule has 0 atom stereocenters. The smallest absolute Gasteiger partial charge is 0.339 e. The van der Waals surface area contributed by atoms with E-state index >= 15 is 0 Å². The van der Waals surface area contributed by atoms with Gasteiger partial charge in [-0.2, -0.15) is 5.26 Å². The van der Waals surface area contributed by atoms with E-state index in [-0.39, 0.29) is 22.6 Å². The molecule has 0 aliphatic carbocycles. The van der Waals surface area contributed by atoms with Crippen LogP contribution in [0.1, 0.15) is 21.5 Å². The number of hydrogen-bond acceptors (Lipinski definition) is 5. The number of para-hydroxylation sites is 1. The minimum absolute atomic E-state index is 0.00106. The number of nitriles is 1. The molecule has 0 aliphatic heterocycles. The highest BCUT2D eigenvalue weighted by Crippen LogP contribution is 2.20. The maximum absolute atomic E-state index is 12.2. The molecule has 1 aromatic heterocycles. The molecule has 1 aromatic carbocycles. The van der Waals surface area contributed by atoms with Gasteiger partial charge in [0.25, 0.3) is 5.56 Å². The fraction of sp³-hybridized carbons (Fsp3) is 0.133. The van der Waals surface area contributed by atoms with Gasteiger partial charge in [-0.3, -0.25) is 9.36 Å². The van der Waals surface area contributed by atoms with Crippen molar-refractivity contribution < 1.29 is 9.53 Å². The molecule has 2 rings (SSSR count). The van der Waals surface area contributed by atoms with E-state index in [2.05, 4.69) is 0 Å². The van der Waals surface area contributed by atoms with Crippen molar-refractivity contribution in [2.75, 3.05) is 12.8 Å². The Hall–Kier alpha value is -3.07. The second-order valence-corrected chi connectivity index (χ2v) is 4.38. The van der Waals surface area contributed by atoms with Crippen LogP contribution in [0.2, 0.25) is 0 Å². The number of pyridine rings is 1. The van der Waals surface area contributed by atoms with E-state index in [1.807, 2.05) is 6.07 Å². The second-order valence-electron chi connectivity index (χ2n) is 4.38. The van der Waals surface area contributed by atoms with Gasteiger partial charge in [0.1, 0.15) is 11.9 Å². The van der Waals surface area contributed by atoms with Crippen LogP contribution in [0.15, 0.2) is 35.1 Å². The van der Waals surface area contributed by atoms with Crippen LogP contribution in [0.4, 0.5) is 5.82 Å². The average Bonchev–Trinajstić information content (AvgIpc) is 2.47. The van der Waals surface area contributed by atoms with Crippen molar-refractivity contribution in [1.82, 2.24) is 4.57 Å². The highest BCUT2D eigenvalue weighted by atomic mass is 16.5. The molecular weight excluding hydrogens is 270 g/mol. The van der Waals surface area contributed by atoms with Crippen LogP contribution in [-0.4, -0.2) is 17.6 Å². The molecule has 0 spiro atoms. The molecule has 0 bridgehead atoms. The number of nitrogen functional groups attached to an aromatic ring is 1. The lowest BCUT2D eigenvalue weighted by Gasteiger charge is -2.14. The predicted octanol–water partition coefficient (Wildman–Crippen LogP) is 1.39. The lowest BCUT2D eigenvalue weighted by Crippen LogP contribution is -2.24. The Kier molecular flexibility index (Phi) is 3.76. The van der Waals surface area contributed by atoms with Crippen LogP contribution < -0.4 is 11.3 Å². The van der Waals surface area contributed by atoms with Gasteiger partial charge in [-0.15, -0.1) is 0 Å². The molecule has 0 saturated carbocycles. The van der Waals surface area contributed by atoms with Gasteiger partial charge in [-0.1, -0.05) is 12.1 Å². The third-order valence-corrected chi connectivity index (χ3v) is 3.11. The molecule has 0 radical (unpaired) electrons. The summed E-state index contributed by atoms with van der Waals surface area (Å²) in [5, 5.41) is 9.15. The number of benzene rings is 1. The number of rotatable bonds is 2. The van der Waals surface area contributed by atoms with E-state index in [4.69, 9.17) is 15.7 Å². The Labute approximate surface area is 121 Å². The van der Waals surface area contributed by atoms with Gasteiger partial charge in [-0.25, -0.2) is 4.79 Å². The first-order valence-electron chi connectivity index (χ1n) is 6.11. The Bertz CT molecular complexity index is 816. The number of methoxy groups -OCH3 is 1. The summed E-state index contributed by atoms with van der Waals surface area (Å²) in [6, 6.07) is 9.68. The van der Waals surface area contributed by atoms with Crippen LogP contribution >= 0.6 is 0 Å². The van der Waals surface area contributed by atoms with E-state index in [9.17, 15) is 9.59 Å². The fourth-order valence-corrected chi connectivity index (χ4v) is 2.10. The SMILES string of the molecule is COC(=O)c1ccccc1-n1c(N)c(C#N)c(C)cc1=O. The summed E-state index contributed by atoms with van der Waals surface area (Å²) in [6.45, 7) is 1.63. The zero-order valence-corrected chi connectivity index (χ0v) is 11.6. The summed E-state index contributed by atoms with van der Waals surface area (Å²) >= 11 is 0. The first-order chi connectivity index (χ1) is 10.0. The molecule has 0 fully saturated rings. The molecule has 2 N–H and O–H groups in total. The predicted molar refractivity (Wildman–Crippen MR) is 77.2 cm³/mol. The molecule has 2 aromatic rings. The molecule has 0 amide bonds. The van der Waals surface area contributed by atoms with Crippen LogP contribution in [-0.2, 0) is 4.74 Å². The third-order valence-electron chi connectivity index (χ3n) is 3.11. The fourth-order valence-electron chi connectivity index (χ4n) is 2.10. The molecule has 21 heavy (non-hydrogen) atoms. The highest BCUT2D eigenvalue weighted by molar-refractivity contribution is 5.93. The van der Waals surface area contributed by atoms with Gasteiger partial charge in [-0.05, 0) is 24.6 Å². The molecule has 0 unspecified atom stereocenters. The molecule has 106 valence electrons. The molecule has 1 heterocycles. The average molecular weight is 283 g/mol. The minimum Gasteiger partial charge on any atom is -0.465 e.